The lowest BCUT2D eigenvalue weighted by Gasteiger charge is -2.05. The lowest BCUT2D eigenvalue weighted by Crippen LogP contribution is -1.86. The number of aromatic nitrogens is 1. The highest BCUT2D eigenvalue weighted by atomic mass is 14.6. The summed E-state index contributed by atoms with van der Waals surface area (Å²) in [6.45, 7) is 10.5. The molecule has 1 nitrogen and oxygen atoms in total. The second-order valence-corrected chi connectivity index (χ2v) is 4.27. The summed E-state index contributed by atoms with van der Waals surface area (Å²) in [5, 5.41) is 0. The van der Waals surface area contributed by atoms with Crippen LogP contribution in [0, 0.1) is 6.92 Å². The van der Waals surface area contributed by atoms with Crippen molar-refractivity contribution in [3.8, 4) is 0 Å². The van der Waals surface area contributed by atoms with Gasteiger partial charge in [-0.25, -0.2) is 0 Å². The lowest BCUT2D eigenvalue weighted by atomic mass is 10.0. The minimum atomic E-state index is 1.06. The lowest BCUT2D eigenvalue weighted by molar-refractivity contribution is 0.794. The van der Waals surface area contributed by atoms with Crippen molar-refractivity contribution in [1.29, 1.82) is 0 Å². The van der Waals surface area contributed by atoms with Crippen LogP contribution in [0.25, 0.3) is 6.08 Å². The zero-order valence-electron chi connectivity index (χ0n) is 10.6. The van der Waals surface area contributed by atoms with Gasteiger partial charge in [-0.2, -0.15) is 0 Å². The quantitative estimate of drug-likeness (QED) is 0.657. The highest BCUT2D eigenvalue weighted by Gasteiger charge is 1.97. The summed E-state index contributed by atoms with van der Waals surface area (Å²) in [6.07, 6.45) is 7.58. The number of pyridine rings is 1. The van der Waals surface area contributed by atoms with Gasteiger partial charge in [-0.05, 0) is 50.0 Å². The topological polar surface area (TPSA) is 12.9 Å². The van der Waals surface area contributed by atoms with E-state index in [1.165, 1.54) is 29.6 Å². The van der Waals surface area contributed by atoms with Crippen molar-refractivity contribution in [3.63, 3.8) is 0 Å². The van der Waals surface area contributed by atoms with E-state index in [0.717, 1.165) is 12.1 Å². The molecule has 0 radical (unpaired) electrons. The molecule has 0 saturated heterocycles. The molecule has 0 saturated carbocycles. The van der Waals surface area contributed by atoms with Gasteiger partial charge >= 0.3 is 0 Å². The number of aryl methyl sites for hydroxylation is 1. The van der Waals surface area contributed by atoms with E-state index in [9.17, 15) is 0 Å². The van der Waals surface area contributed by atoms with Gasteiger partial charge in [0.05, 0.1) is 0 Å². The minimum Gasteiger partial charge on any atom is -0.262 e. The first-order chi connectivity index (χ1) is 7.63. The molecule has 0 N–H and O–H groups in total. The van der Waals surface area contributed by atoms with Crippen LogP contribution >= 0.6 is 0 Å². The SMILES string of the molecule is C=C(CCCC)/C(C)=C/c1ccnc(C)c1. The highest BCUT2D eigenvalue weighted by molar-refractivity contribution is 5.57. The van der Waals surface area contributed by atoms with Crippen molar-refractivity contribution in [2.24, 2.45) is 0 Å². The van der Waals surface area contributed by atoms with Crippen molar-refractivity contribution < 1.29 is 0 Å². The summed E-state index contributed by atoms with van der Waals surface area (Å²) >= 11 is 0. The Morgan fingerprint density at radius 1 is 1.50 bits per heavy atom. The molecule has 0 aliphatic rings. The molecule has 0 spiro atoms. The van der Waals surface area contributed by atoms with E-state index in [1.54, 1.807) is 0 Å². The van der Waals surface area contributed by atoms with Gasteiger partial charge < -0.3 is 0 Å². The predicted molar refractivity (Wildman–Crippen MR) is 71.3 cm³/mol. The first-order valence-corrected chi connectivity index (χ1v) is 5.92. The first-order valence-electron chi connectivity index (χ1n) is 5.92. The molecule has 0 aliphatic heterocycles. The second-order valence-electron chi connectivity index (χ2n) is 4.27. The fourth-order valence-electron chi connectivity index (χ4n) is 1.60. The van der Waals surface area contributed by atoms with Crippen molar-refractivity contribution in [2.75, 3.05) is 0 Å². The molecular weight excluding hydrogens is 194 g/mol. The molecular formula is C15H21N. The normalized spacial score (nSPS) is 11.6. The number of unbranched alkanes of at least 4 members (excludes halogenated alkanes) is 1. The van der Waals surface area contributed by atoms with Gasteiger partial charge in [0.25, 0.3) is 0 Å². The molecule has 1 heterocycles. The van der Waals surface area contributed by atoms with Crippen LogP contribution in [0.1, 0.15) is 44.4 Å². The molecule has 1 rings (SSSR count). The summed E-state index contributed by atoms with van der Waals surface area (Å²) in [4.78, 5) is 4.19. The van der Waals surface area contributed by atoms with Gasteiger partial charge in [0.15, 0.2) is 0 Å². The van der Waals surface area contributed by atoms with Crippen LogP contribution in [-0.2, 0) is 0 Å². The zero-order chi connectivity index (χ0) is 12.0. The Morgan fingerprint density at radius 3 is 2.88 bits per heavy atom. The van der Waals surface area contributed by atoms with E-state index in [-0.39, 0.29) is 0 Å². The monoisotopic (exact) mass is 215 g/mol. The molecule has 0 amide bonds. The number of allylic oxidation sites excluding steroid dienone is 2. The van der Waals surface area contributed by atoms with Crippen LogP contribution in [0.2, 0.25) is 0 Å². The van der Waals surface area contributed by atoms with E-state index in [2.05, 4.69) is 37.6 Å². The van der Waals surface area contributed by atoms with Gasteiger partial charge in [0, 0.05) is 11.9 Å². The summed E-state index contributed by atoms with van der Waals surface area (Å²) in [5.41, 5.74) is 4.79. The van der Waals surface area contributed by atoms with Crippen LogP contribution < -0.4 is 0 Å². The summed E-state index contributed by atoms with van der Waals surface area (Å²) in [5.74, 6) is 0. The summed E-state index contributed by atoms with van der Waals surface area (Å²) < 4.78 is 0. The Hall–Kier alpha value is -1.37. The molecule has 0 aromatic carbocycles. The molecule has 0 aliphatic carbocycles. The smallest absolute Gasteiger partial charge is 0.0378 e. The average molecular weight is 215 g/mol. The largest absolute Gasteiger partial charge is 0.262 e. The molecule has 1 aromatic heterocycles. The maximum atomic E-state index is 4.19. The van der Waals surface area contributed by atoms with Gasteiger partial charge in [-0.3, -0.25) is 4.98 Å². The maximum Gasteiger partial charge on any atom is 0.0378 e. The van der Waals surface area contributed by atoms with Crippen molar-refractivity contribution in [2.45, 2.75) is 40.0 Å². The third kappa shape index (κ3) is 4.01. The number of hydrogen-bond donors (Lipinski definition) is 0. The Kier molecular flexibility index (Phi) is 4.97. The van der Waals surface area contributed by atoms with E-state index in [1.807, 2.05) is 19.2 Å². The van der Waals surface area contributed by atoms with Crippen molar-refractivity contribution in [1.82, 2.24) is 4.98 Å². The third-order valence-corrected chi connectivity index (χ3v) is 2.69. The fourth-order valence-corrected chi connectivity index (χ4v) is 1.60. The molecule has 0 unspecified atom stereocenters. The third-order valence-electron chi connectivity index (χ3n) is 2.69. The molecule has 0 atom stereocenters. The summed E-state index contributed by atoms with van der Waals surface area (Å²) in [7, 11) is 0. The number of nitrogens with zero attached hydrogens (tertiary/aromatic N) is 1. The molecule has 86 valence electrons. The van der Waals surface area contributed by atoms with Crippen LogP contribution in [0.3, 0.4) is 0 Å². The van der Waals surface area contributed by atoms with Gasteiger partial charge in [0.2, 0.25) is 0 Å². The van der Waals surface area contributed by atoms with Gasteiger partial charge in [-0.15, -0.1) is 0 Å². The van der Waals surface area contributed by atoms with E-state index >= 15 is 0 Å². The fraction of sp³-hybridized carbons (Fsp3) is 0.400. The maximum absolute atomic E-state index is 4.19. The van der Waals surface area contributed by atoms with E-state index < -0.39 is 0 Å². The molecule has 1 aromatic rings. The minimum absolute atomic E-state index is 1.06. The molecule has 1 heteroatoms. The molecule has 16 heavy (non-hydrogen) atoms. The Bertz CT molecular complexity index is 388. The second kappa shape index (κ2) is 6.26. The van der Waals surface area contributed by atoms with Crippen molar-refractivity contribution >= 4 is 6.08 Å². The van der Waals surface area contributed by atoms with E-state index in [4.69, 9.17) is 0 Å². The van der Waals surface area contributed by atoms with Crippen LogP contribution in [0.4, 0.5) is 0 Å². The molecule has 0 fully saturated rings. The highest BCUT2D eigenvalue weighted by Crippen LogP contribution is 2.17. The summed E-state index contributed by atoms with van der Waals surface area (Å²) in [6, 6.07) is 4.13. The number of hydrogen-bond acceptors (Lipinski definition) is 1. The standard InChI is InChI=1S/C15H21N/c1-5-6-7-12(2)13(3)10-15-8-9-16-14(4)11-15/h8-11H,2,5-7H2,1,3-4H3/b13-10+. The zero-order valence-corrected chi connectivity index (χ0v) is 10.6. The van der Waals surface area contributed by atoms with Crippen LogP contribution in [0.15, 0.2) is 36.1 Å². The first kappa shape index (κ1) is 12.7. The Morgan fingerprint density at radius 2 is 2.25 bits per heavy atom. The Balaban J connectivity index is 2.72. The Labute approximate surface area is 98.9 Å². The van der Waals surface area contributed by atoms with Crippen LogP contribution in [-0.4, -0.2) is 4.98 Å². The van der Waals surface area contributed by atoms with Gasteiger partial charge in [0.1, 0.15) is 0 Å². The van der Waals surface area contributed by atoms with E-state index in [0.29, 0.717) is 0 Å². The van der Waals surface area contributed by atoms with Crippen LogP contribution in [0.5, 0.6) is 0 Å². The average Bonchev–Trinajstić information content (AvgIpc) is 2.25. The van der Waals surface area contributed by atoms with Gasteiger partial charge in [-0.1, -0.05) is 31.6 Å². The molecule has 0 bridgehead atoms. The number of rotatable bonds is 5. The predicted octanol–water partition coefficient (Wildman–Crippen LogP) is 4.54. The van der Waals surface area contributed by atoms with Crippen molar-refractivity contribution in [3.05, 3.63) is 47.3 Å².